The third kappa shape index (κ3) is 2.54. The molecule has 15 heavy (non-hydrogen) atoms. The van der Waals surface area contributed by atoms with E-state index in [1.165, 1.54) is 19.2 Å². The summed E-state index contributed by atoms with van der Waals surface area (Å²) in [6.07, 6.45) is -0.176. The Morgan fingerprint density at radius 1 is 1.67 bits per heavy atom. The number of halogens is 2. The molecule has 0 saturated heterocycles. The maximum absolute atomic E-state index is 13.6. The van der Waals surface area contributed by atoms with Crippen LogP contribution >= 0.6 is 15.9 Å². The molecule has 0 atom stereocenters. The summed E-state index contributed by atoms with van der Waals surface area (Å²) in [5.74, 6) is -1.22. The van der Waals surface area contributed by atoms with Crippen LogP contribution in [0.2, 0.25) is 0 Å². The molecule has 0 bridgehead atoms. The topological polar surface area (TPSA) is 50.1 Å². The summed E-state index contributed by atoms with van der Waals surface area (Å²) >= 11 is 3.05. The zero-order chi connectivity index (χ0) is 11.4. The number of nitriles is 1. The Morgan fingerprint density at radius 3 is 2.87 bits per heavy atom. The number of rotatable bonds is 2. The molecule has 1 aromatic carbocycles. The normalized spacial score (nSPS) is 9.47. The van der Waals surface area contributed by atoms with Gasteiger partial charge in [0.1, 0.15) is 17.4 Å². The second-order valence-electron chi connectivity index (χ2n) is 2.76. The molecule has 0 aliphatic carbocycles. The molecule has 0 unspecified atom stereocenters. The maximum atomic E-state index is 13.6. The van der Waals surface area contributed by atoms with Gasteiger partial charge in [0.15, 0.2) is 0 Å². The summed E-state index contributed by atoms with van der Waals surface area (Å²) in [7, 11) is 1.23. The molecule has 0 heterocycles. The number of hydrogen-bond acceptors (Lipinski definition) is 3. The largest absolute Gasteiger partial charge is 0.469 e. The average molecular weight is 272 g/mol. The molecule has 1 aromatic rings. The molecule has 78 valence electrons. The Bertz CT molecular complexity index is 440. The number of benzene rings is 1. The van der Waals surface area contributed by atoms with Crippen LogP contribution in [-0.2, 0) is 16.0 Å². The lowest BCUT2D eigenvalue weighted by molar-refractivity contribution is -0.139. The van der Waals surface area contributed by atoms with E-state index >= 15 is 0 Å². The average Bonchev–Trinajstić information content (AvgIpc) is 2.23. The molecule has 0 spiro atoms. The molecule has 0 saturated carbocycles. The molecule has 1 rings (SSSR count). The highest BCUT2D eigenvalue weighted by molar-refractivity contribution is 9.10. The van der Waals surface area contributed by atoms with Crippen LogP contribution in [0.5, 0.6) is 0 Å². The van der Waals surface area contributed by atoms with Crippen LogP contribution in [0.15, 0.2) is 16.6 Å². The van der Waals surface area contributed by atoms with Crippen molar-refractivity contribution in [3.05, 3.63) is 33.5 Å². The number of carbonyl (C=O) groups excluding carboxylic acids is 1. The first-order chi connectivity index (χ1) is 7.10. The number of hydrogen-bond donors (Lipinski definition) is 0. The lowest BCUT2D eigenvalue weighted by Gasteiger charge is -2.04. The fraction of sp³-hybridized carbons (Fsp3) is 0.200. The molecule has 0 fully saturated rings. The van der Waals surface area contributed by atoms with Crippen LogP contribution < -0.4 is 0 Å². The molecule has 0 aliphatic rings. The quantitative estimate of drug-likeness (QED) is 0.775. The van der Waals surface area contributed by atoms with Gasteiger partial charge in [0.2, 0.25) is 0 Å². The van der Waals surface area contributed by atoms with Crippen molar-refractivity contribution in [3.63, 3.8) is 0 Å². The number of carbonyl (C=O) groups is 1. The third-order valence-corrected chi connectivity index (χ3v) is 2.51. The molecule has 0 radical (unpaired) electrons. The number of esters is 1. The van der Waals surface area contributed by atoms with Gasteiger partial charge in [-0.15, -0.1) is 0 Å². The van der Waals surface area contributed by atoms with Crippen molar-refractivity contribution < 1.29 is 13.9 Å². The first-order valence-corrected chi connectivity index (χ1v) is 4.83. The van der Waals surface area contributed by atoms with E-state index in [1.807, 2.05) is 0 Å². The van der Waals surface area contributed by atoms with E-state index < -0.39 is 11.8 Å². The highest BCUT2D eigenvalue weighted by Gasteiger charge is 2.14. The number of ether oxygens (including phenoxy) is 1. The Morgan fingerprint density at radius 2 is 2.33 bits per heavy atom. The van der Waals surface area contributed by atoms with Gasteiger partial charge in [-0.25, -0.2) is 4.39 Å². The van der Waals surface area contributed by atoms with Crippen molar-refractivity contribution in [1.29, 1.82) is 5.26 Å². The van der Waals surface area contributed by atoms with E-state index in [9.17, 15) is 9.18 Å². The minimum Gasteiger partial charge on any atom is -0.469 e. The summed E-state index contributed by atoms with van der Waals surface area (Å²) in [5, 5.41) is 8.68. The van der Waals surface area contributed by atoms with Crippen LogP contribution in [0.25, 0.3) is 0 Å². The smallest absolute Gasteiger partial charge is 0.310 e. The van der Waals surface area contributed by atoms with E-state index in [0.717, 1.165) is 0 Å². The molecule has 0 amide bonds. The second kappa shape index (κ2) is 4.89. The van der Waals surface area contributed by atoms with Crippen LogP contribution in [0.1, 0.15) is 11.1 Å². The molecule has 0 aliphatic heterocycles. The first kappa shape index (κ1) is 11.7. The van der Waals surface area contributed by atoms with Gasteiger partial charge >= 0.3 is 5.97 Å². The van der Waals surface area contributed by atoms with Gasteiger partial charge in [0.25, 0.3) is 0 Å². The molecular weight excluding hydrogens is 265 g/mol. The van der Waals surface area contributed by atoms with Gasteiger partial charge in [0, 0.05) is 10.0 Å². The molecule has 3 nitrogen and oxygen atoms in total. The minimum atomic E-state index is -0.683. The van der Waals surface area contributed by atoms with Crippen molar-refractivity contribution >= 4 is 21.9 Å². The molecular formula is C10H7BrFNO2. The van der Waals surface area contributed by atoms with Crippen molar-refractivity contribution in [2.45, 2.75) is 6.42 Å². The summed E-state index contributed by atoms with van der Waals surface area (Å²) in [6, 6.07) is 4.69. The zero-order valence-corrected chi connectivity index (χ0v) is 9.47. The molecule has 0 aromatic heterocycles. The van der Waals surface area contributed by atoms with Gasteiger partial charge in [0.05, 0.1) is 13.5 Å². The van der Waals surface area contributed by atoms with E-state index in [1.54, 1.807) is 6.07 Å². The second-order valence-corrected chi connectivity index (χ2v) is 3.61. The SMILES string of the molecule is COC(=O)Cc1ccc(Br)c(C#N)c1F. The zero-order valence-electron chi connectivity index (χ0n) is 7.88. The predicted octanol–water partition coefficient (Wildman–Crippen LogP) is 2.18. The van der Waals surface area contributed by atoms with Crippen molar-refractivity contribution in [2.75, 3.05) is 7.11 Å². The first-order valence-electron chi connectivity index (χ1n) is 4.04. The Labute approximate surface area is 94.6 Å². The molecule has 5 heteroatoms. The van der Waals surface area contributed by atoms with E-state index in [2.05, 4.69) is 20.7 Å². The van der Waals surface area contributed by atoms with Crippen molar-refractivity contribution in [3.8, 4) is 6.07 Å². The van der Waals surface area contributed by atoms with Crippen molar-refractivity contribution in [2.24, 2.45) is 0 Å². The minimum absolute atomic E-state index is 0.101. The monoisotopic (exact) mass is 271 g/mol. The van der Waals surface area contributed by atoms with Crippen molar-refractivity contribution in [1.82, 2.24) is 0 Å². The lowest BCUT2D eigenvalue weighted by atomic mass is 10.1. The van der Waals surface area contributed by atoms with Crippen LogP contribution in [0.3, 0.4) is 0 Å². The van der Waals surface area contributed by atoms with E-state index in [4.69, 9.17) is 5.26 Å². The van der Waals surface area contributed by atoms with E-state index in [-0.39, 0.29) is 17.5 Å². The van der Waals surface area contributed by atoms with Crippen LogP contribution in [0, 0.1) is 17.1 Å². The standard InChI is InChI=1S/C10H7BrFNO2/c1-15-9(14)4-6-2-3-8(11)7(5-13)10(6)12/h2-3H,4H2,1H3. The maximum Gasteiger partial charge on any atom is 0.310 e. The van der Waals surface area contributed by atoms with Crippen LogP contribution in [-0.4, -0.2) is 13.1 Å². The summed E-state index contributed by atoms with van der Waals surface area (Å²) in [6.45, 7) is 0. The summed E-state index contributed by atoms with van der Waals surface area (Å²) in [4.78, 5) is 10.9. The van der Waals surface area contributed by atoms with Crippen LogP contribution in [0.4, 0.5) is 4.39 Å². The Balaban J connectivity index is 3.12. The third-order valence-electron chi connectivity index (χ3n) is 1.85. The van der Waals surface area contributed by atoms with Gasteiger partial charge < -0.3 is 4.74 Å². The Kier molecular flexibility index (Phi) is 3.81. The van der Waals surface area contributed by atoms with Gasteiger partial charge in [-0.3, -0.25) is 4.79 Å². The molecule has 0 N–H and O–H groups in total. The predicted molar refractivity (Wildman–Crippen MR) is 54.5 cm³/mol. The number of methoxy groups -OCH3 is 1. The lowest BCUT2D eigenvalue weighted by Crippen LogP contribution is -2.07. The summed E-state index contributed by atoms with van der Waals surface area (Å²) in [5.41, 5.74) is 0.0537. The fourth-order valence-corrected chi connectivity index (χ4v) is 1.46. The fourth-order valence-electron chi connectivity index (χ4n) is 1.06. The highest BCUT2D eigenvalue weighted by Crippen LogP contribution is 2.22. The number of nitrogens with zero attached hydrogens (tertiary/aromatic N) is 1. The van der Waals surface area contributed by atoms with Gasteiger partial charge in [-0.2, -0.15) is 5.26 Å². The van der Waals surface area contributed by atoms with Gasteiger partial charge in [-0.1, -0.05) is 6.07 Å². The van der Waals surface area contributed by atoms with Gasteiger partial charge in [-0.05, 0) is 22.0 Å². The summed E-state index contributed by atoms with van der Waals surface area (Å²) < 4.78 is 18.4. The Hall–Kier alpha value is -1.41. The van der Waals surface area contributed by atoms with E-state index in [0.29, 0.717) is 4.47 Å². The highest BCUT2D eigenvalue weighted by atomic mass is 79.9.